The lowest BCUT2D eigenvalue weighted by Gasteiger charge is -2.37. The molecule has 1 heterocycles. The van der Waals surface area contributed by atoms with Gasteiger partial charge in [0, 0.05) is 19.1 Å². The predicted octanol–water partition coefficient (Wildman–Crippen LogP) is 2.84. The molecular formula is C16H23N3. The third-order valence-corrected chi connectivity index (χ3v) is 3.76. The van der Waals surface area contributed by atoms with Crippen molar-refractivity contribution in [2.75, 3.05) is 24.5 Å². The number of nitriles is 1. The quantitative estimate of drug-likeness (QED) is 0.901. The van der Waals surface area contributed by atoms with Crippen LogP contribution in [0.2, 0.25) is 0 Å². The number of nitrogens with one attached hydrogen (secondary N) is 1. The van der Waals surface area contributed by atoms with Crippen LogP contribution in [0, 0.1) is 18.3 Å². The first-order chi connectivity index (χ1) is 9.26. The number of piperidine rings is 1. The van der Waals surface area contributed by atoms with Crippen molar-refractivity contribution < 1.29 is 0 Å². The van der Waals surface area contributed by atoms with Gasteiger partial charge in [-0.1, -0.05) is 13.0 Å². The Hall–Kier alpha value is -1.53. The predicted molar refractivity (Wildman–Crippen MR) is 79.4 cm³/mol. The van der Waals surface area contributed by atoms with Crippen molar-refractivity contribution in [2.45, 2.75) is 39.2 Å². The molecule has 0 aliphatic carbocycles. The van der Waals surface area contributed by atoms with E-state index in [-0.39, 0.29) is 0 Å². The van der Waals surface area contributed by atoms with Crippen molar-refractivity contribution in [3.05, 3.63) is 29.3 Å². The first-order valence-electron chi connectivity index (χ1n) is 7.24. The van der Waals surface area contributed by atoms with Crippen LogP contribution >= 0.6 is 0 Å². The molecule has 1 atom stereocenters. The van der Waals surface area contributed by atoms with Gasteiger partial charge < -0.3 is 10.2 Å². The highest BCUT2D eigenvalue weighted by Gasteiger charge is 2.22. The van der Waals surface area contributed by atoms with E-state index in [9.17, 15) is 5.26 Å². The van der Waals surface area contributed by atoms with Crippen molar-refractivity contribution in [2.24, 2.45) is 0 Å². The van der Waals surface area contributed by atoms with Gasteiger partial charge in [0.2, 0.25) is 0 Å². The molecule has 0 amide bonds. The number of nitrogens with zero attached hydrogens (tertiary/aromatic N) is 2. The van der Waals surface area contributed by atoms with Crippen LogP contribution in [0.3, 0.4) is 0 Å². The Kier molecular flexibility index (Phi) is 4.81. The first-order valence-corrected chi connectivity index (χ1v) is 7.24. The summed E-state index contributed by atoms with van der Waals surface area (Å²) in [4.78, 5) is 2.43. The summed E-state index contributed by atoms with van der Waals surface area (Å²) in [5.41, 5.74) is 3.13. The fourth-order valence-corrected chi connectivity index (χ4v) is 2.81. The average molecular weight is 257 g/mol. The van der Waals surface area contributed by atoms with E-state index >= 15 is 0 Å². The van der Waals surface area contributed by atoms with E-state index in [1.807, 2.05) is 12.1 Å². The largest absolute Gasteiger partial charge is 0.366 e. The smallest absolute Gasteiger partial charge is 0.101 e. The fourth-order valence-electron chi connectivity index (χ4n) is 2.81. The van der Waals surface area contributed by atoms with E-state index in [2.05, 4.69) is 36.2 Å². The maximum absolute atomic E-state index is 9.33. The Morgan fingerprint density at radius 3 is 2.95 bits per heavy atom. The van der Waals surface area contributed by atoms with E-state index in [4.69, 9.17) is 0 Å². The van der Waals surface area contributed by atoms with Gasteiger partial charge in [0.25, 0.3) is 0 Å². The lowest BCUT2D eigenvalue weighted by Crippen LogP contribution is -2.46. The molecule has 0 saturated carbocycles. The average Bonchev–Trinajstić information content (AvgIpc) is 2.45. The third kappa shape index (κ3) is 3.27. The van der Waals surface area contributed by atoms with Gasteiger partial charge >= 0.3 is 0 Å². The Labute approximate surface area is 116 Å². The minimum absolute atomic E-state index is 0.516. The van der Waals surface area contributed by atoms with Crippen LogP contribution in [0.25, 0.3) is 0 Å². The molecule has 0 radical (unpaired) electrons. The highest BCUT2D eigenvalue weighted by molar-refractivity contribution is 5.61. The number of rotatable bonds is 4. The number of aryl methyl sites for hydroxylation is 1. The molecule has 3 nitrogen and oxygen atoms in total. The number of hydrogen-bond acceptors (Lipinski definition) is 3. The monoisotopic (exact) mass is 257 g/mol. The van der Waals surface area contributed by atoms with Crippen LogP contribution < -0.4 is 10.2 Å². The van der Waals surface area contributed by atoms with Crippen molar-refractivity contribution >= 4 is 5.69 Å². The standard InChI is InChI=1S/C16H23N3/c1-3-9-19(15-5-4-8-18-12-15)16-10-13(2)6-7-14(16)11-17/h6-7,10,15,18H,3-5,8-9,12H2,1-2H3. The number of anilines is 1. The summed E-state index contributed by atoms with van der Waals surface area (Å²) in [5.74, 6) is 0. The van der Waals surface area contributed by atoms with Crippen LogP contribution in [-0.2, 0) is 0 Å². The lowest BCUT2D eigenvalue weighted by atomic mass is 10.0. The van der Waals surface area contributed by atoms with Crippen LogP contribution in [-0.4, -0.2) is 25.7 Å². The van der Waals surface area contributed by atoms with E-state index in [1.54, 1.807) is 0 Å². The van der Waals surface area contributed by atoms with Crippen molar-refractivity contribution in [3.8, 4) is 6.07 Å². The van der Waals surface area contributed by atoms with Crippen LogP contribution in [0.1, 0.15) is 37.3 Å². The molecular weight excluding hydrogens is 234 g/mol. The summed E-state index contributed by atoms with van der Waals surface area (Å²) in [6.45, 7) is 7.46. The van der Waals surface area contributed by atoms with E-state index in [0.29, 0.717) is 6.04 Å². The topological polar surface area (TPSA) is 39.1 Å². The Morgan fingerprint density at radius 2 is 2.32 bits per heavy atom. The third-order valence-electron chi connectivity index (χ3n) is 3.76. The summed E-state index contributed by atoms with van der Waals surface area (Å²) in [5, 5.41) is 12.8. The van der Waals surface area contributed by atoms with Gasteiger partial charge in [-0.2, -0.15) is 5.26 Å². The first kappa shape index (κ1) is 13.9. The van der Waals surface area contributed by atoms with Gasteiger partial charge in [-0.25, -0.2) is 0 Å². The van der Waals surface area contributed by atoms with Crippen molar-refractivity contribution in [1.29, 1.82) is 5.26 Å². The highest BCUT2D eigenvalue weighted by Crippen LogP contribution is 2.26. The van der Waals surface area contributed by atoms with Crippen LogP contribution in [0.15, 0.2) is 18.2 Å². The minimum Gasteiger partial charge on any atom is -0.366 e. The SMILES string of the molecule is CCCN(c1cc(C)ccc1C#N)C1CCCNC1. The molecule has 19 heavy (non-hydrogen) atoms. The summed E-state index contributed by atoms with van der Waals surface area (Å²) in [6, 6.07) is 8.98. The number of benzene rings is 1. The molecule has 1 saturated heterocycles. The molecule has 2 rings (SSSR count). The van der Waals surface area contributed by atoms with Gasteiger partial charge in [-0.3, -0.25) is 0 Å². The zero-order valence-electron chi connectivity index (χ0n) is 11.9. The van der Waals surface area contributed by atoms with Gasteiger partial charge in [0.15, 0.2) is 0 Å². The molecule has 102 valence electrons. The van der Waals surface area contributed by atoms with E-state index in [1.165, 1.54) is 18.4 Å². The second kappa shape index (κ2) is 6.58. The maximum atomic E-state index is 9.33. The Balaban J connectivity index is 2.32. The molecule has 1 aliphatic heterocycles. The van der Waals surface area contributed by atoms with Crippen molar-refractivity contribution in [3.63, 3.8) is 0 Å². The summed E-state index contributed by atoms with van der Waals surface area (Å²) < 4.78 is 0. The van der Waals surface area contributed by atoms with E-state index < -0.39 is 0 Å². The zero-order chi connectivity index (χ0) is 13.7. The Morgan fingerprint density at radius 1 is 1.47 bits per heavy atom. The van der Waals surface area contributed by atoms with Gasteiger partial charge in [-0.05, 0) is 50.4 Å². The zero-order valence-corrected chi connectivity index (χ0v) is 11.9. The molecule has 0 spiro atoms. The highest BCUT2D eigenvalue weighted by atomic mass is 15.2. The summed E-state index contributed by atoms with van der Waals surface area (Å²) in [7, 11) is 0. The molecule has 1 aromatic rings. The van der Waals surface area contributed by atoms with Gasteiger partial charge in [0.05, 0.1) is 11.3 Å². The maximum Gasteiger partial charge on any atom is 0.101 e. The second-order valence-corrected chi connectivity index (χ2v) is 5.33. The normalized spacial score (nSPS) is 18.9. The molecule has 1 unspecified atom stereocenters. The molecule has 0 bridgehead atoms. The van der Waals surface area contributed by atoms with Gasteiger partial charge in [0.1, 0.15) is 6.07 Å². The van der Waals surface area contributed by atoms with Crippen LogP contribution in [0.4, 0.5) is 5.69 Å². The molecule has 1 aromatic carbocycles. The number of hydrogen-bond donors (Lipinski definition) is 1. The minimum atomic E-state index is 0.516. The molecule has 1 aliphatic rings. The van der Waals surface area contributed by atoms with E-state index in [0.717, 1.165) is 37.3 Å². The lowest BCUT2D eigenvalue weighted by molar-refractivity contribution is 0.430. The van der Waals surface area contributed by atoms with Gasteiger partial charge in [-0.15, -0.1) is 0 Å². The molecule has 1 fully saturated rings. The molecule has 3 heteroatoms. The Bertz CT molecular complexity index is 456. The van der Waals surface area contributed by atoms with Crippen LogP contribution in [0.5, 0.6) is 0 Å². The van der Waals surface area contributed by atoms with Crippen molar-refractivity contribution in [1.82, 2.24) is 5.32 Å². The molecule has 1 N–H and O–H groups in total. The second-order valence-electron chi connectivity index (χ2n) is 5.33. The molecule has 0 aromatic heterocycles. The fraction of sp³-hybridized carbons (Fsp3) is 0.562. The summed E-state index contributed by atoms with van der Waals surface area (Å²) >= 11 is 0. The summed E-state index contributed by atoms with van der Waals surface area (Å²) in [6.07, 6.45) is 3.54.